The molecule has 1 saturated heterocycles. The molecule has 1 N–H and O–H groups in total. The molecule has 2 aliphatic carbocycles. The average molecular weight is 449 g/mol. The number of rotatable bonds is 5. The molecule has 7 nitrogen and oxygen atoms in total. The van der Waals surface area contributed by atoms with Crippen LogP contribution >= 0.6 is 11.3 Å². The molecular weight excluding hydrogens is 412 g/mol. The van der Waals surface area contributed by atoms with Gasteiger partial charge in [0, 0.05) is 42.0 Å². The van der Waals surface area contributed by atoms with E-state index < -0.39 is 6.09 Å². The first kappa shape index (κ1) is 22.5. The van der Waals surface area contributed by atoms with Gasteiger partial charge in [0.15, 0.2) is 0 Å². The van der Waals surface area contributed by atoms with E-state index in [0.717, 1.165) is 43.5 Å². The van der Waals surface area contributed by atoms with Crippen molar-refractivity contribution in [3.63, 3.8) is 0 Å². The molecule has 0 spiro atoms. The van der Waals surface area contributed by atoms with Crippen molar-refractivity contribution in [2.45, 2.75) is 102 Å². The Labute approximate surface area is 189 Å². The van der Waals surface area contributed by atoms with Crippen molar-refractivity contribution in [3.8, 4) is 0 Å². The highest BCUT2D eigenvalue weighted by Crippen LogP contribution is 2.36. The highest BCUT2D eigenvalue weighted by atomic mass is 32.1. The van der Waals surface area contributed by atoms with Crippen molar-refractivity contribution in [1.82, 2.24) is 20.3 Å². The van der Waals surface area contributed by atoms with E-state index in [1.54, 1.807) is 16.4 Å². The second kappa shape index (κ2) is 9.45. The van der Waals surface area contributed by atoms with Gasteiger partial charge < -0.3 is 15.1 Å². The first-order valence-corrected chi connectivity index (χ1v) is 12.7. The van der Waals surface area contributed by atoms with Gasteiger partial charge in [0.1, 0.15) is 5.69 Å². The van der Waals surface area contributed by atoms with Crippen molar-refractivity contribution in [1.29, 1.82) is 0 Å². The Morgan fingerprint density at radius 3 is 2.32 bits per heavy atom. The Morgan fingerprint density at radius 2 is 1.71 bits per heavy atom. The number of carbonyl (C=O) groups is 2. The van der Waals surface area contributed by atoms with E-state index in [0.29, 0.717) is 36.8 Å². The van der Waals surface area contributed by atoms with Gasteiger partial charge in [-0.15, -0.1) is 16.4 Å². The number of hydroxylamine groups is 2. The fourth-order valence-electron chi connectivity index (χ4n) is 4.69. The summed E-state index contributed by atoms with van der Waals surface area (Å²) >= 11 is 1.61. The van der Waals surface area contributed by atoms with Crippen molar-refractivity contribution < 1.29 is 14.4 Å². The Hall–Kier alpha value is -1.67. The summed E-state index contributed by atoms with van der Waals surface area (Å²) in [5.41, 5.74) is 0.311. The van der Waals surface area contributed by atoms with Crippen LogP contribution in [0.25, 0.3) is 0 Å². The third kappa shape index (κ3) is 5.98. The maximum Gasteiger partial charge on any atom is 0.426 e. The zero-order valence-electron chi connectivity index (χ0n) is 19.1. The molecular formula is C23H36N4O3S. The number of thiazole rings is 1. The van der Waals surface area contributed by atoms with Crippen LogP contribution in [0.15, 0.2) is 5.38 Å². The molecule has 2 saturated carbocycles. The Morgan fingerprint density at radius 1 is 1.06 bits per heavy atom. The fraction of sp³-hybridized carbons (Fsp3) is 0.783. The number of hydrogen-bond acceptors (Lipinski definition) is 6. The quantitative estimate of drug-likeness (QED) is 0.707. The largest absolute Gasteiger partial charge is 0.426 e. The van der Waals surface area contributed by atoms with Gasteiger partial charge in [-0.25, -0.2) is 9.78 Å². The summed E-state index contributed by atoms with van der Waals surface area (Å²) in [5, 5.41) is 7.55. The topological polar surface area (TPSA) is 74.8 Å². The smallest absolute Gasteiger partial charge is 0.351 e. The van der Waals surface area contributed by atoms with Crippen molar-refractivity contribution in [2.24, 2.45) is 0 Å². The molecule has 0 atom stereocenters. The predicted molar refractivity (Wildman–Crippen MR) is 121 cm³/mol. The molecule has 0 bridgehead atoms. The minimum atomic E-state index is -0.407. The number of nitrogens with zero attached hydrogens (tertiary/aromatic N) is 3. The Bertz CT molecular complexity index is 772. The molecule has 3 aliphatic rings. The highest BCUT2D eigenvalue weighted by molar-refractivity contribution is 7.09. The summed E-state index contributed by atoms with van der Waals surface area (Å²) < 4.78 is 0. The van der Waals surface area contributed by atoms with E-state index in [2.05, 4.69) is 10.2 Å². The molecule has 3 fully saturated rings. The maximum absolute atomic E-state index is 13.3. The van der Waals surface area contributed by atoms with E-state index in [-0.39, 0.29) is 11.4 Å². The standard InChI is InChI=1S/C23H36N4O3S/c1-23(2,3)25-22(29)30-26-13-11-16(12-14-26)20-24-19(15-31-20)21(28)27(18-9-10-18)17-7-5-4-6-8-17/h15-18H,4-14H2,1-3H3,(H,25,29). The normalized spacial score (nSPS) is 21.6. The summed E-state index contributed by atoms with van der Waals surface area (Å²) in [7, 11) is 0. The van der Waals surface area contributed by atoms with Crippen LogP contribution in [0.2, 0.25) is 0 Å². The lowest BCUT2D eigenvalue weighted by molar-refractivity contribution is -0.115. The third-order valence-electron chi connectivity index (χ3n) is 6.38. The van der Waals surface area contributed by atoms with Crippen molar-refractivity contribution in [3.05, 3.63) is 16.1 Å². The van der Waals surface area contributed by atoms with E-state index in [1.165, 1.54) is 19.3 Å². The van der Waals surface area contributed by atoms with Crippen LogP contribution in [0.5, 0.6) is 0 Å². The summed E-state index contributed by atoms with van der Waals surface area (Å²) in [6.07, 6.45) is 9.66. The molecule has 0 radical (unpaired) electrons. The fourth-order valence-corrected chi connectivity index (χ4v) is 5.65. The monoisotopic (exact) mass is 448 g/mol. The third-order valence-corrected chi connectivity index (χ3v) is 7.38. The van der Waals surface area contributed by atoms with Gasteiger partial charge in [-0.3, -0.25) is 4.79 Å². The summed E-state index contributed by atoms with van der Waals surface area (Å²) in [6, 6.07) is 0.832. The average Bonchev–Trinajstić information content (AvgIpc) is 3.42. The van der Waals surface area contributed by atoms with Gasteiger partial charge in [-0.1, -0.05) is 19.3 Å². The minimum Gasteiger partial charge on any atom is -0.351 e. The molecule has 172 valence electrons. The van der Waals surface area contributed by atoms with Gasteiger partial charge in [0.2, 0.25) is 0 Å². The van der Waals surface area contributed by atoms with E-state index >= 15 is 0 Å². The van der Waals surface area contributed by atoms with Crippen molar-refractivity contribution in [2.75, 3.05) is 13.1 Å². The van der Waals surface area contributed by atoms with E-state index in [9.17, 15) is 9.59 Å². The number of aromatic nitrogens is 1. The zero-order chi connectivity index (χ0) is 22.0. The number of amides is 2. The lowest BCUT2D eigenvalue weighted by Crippen LogP contribution is -2.45. The van der Waals surface area contributed by atoms with Crippen LogP contribution in [-0.4, -0.2) is 57.7 Å². The van der Waals surface area contributed by atoms with Gasteiger partial charge in [0.05, 0.1) is 5.01 Å². The molecule has 1 aromatic rings. The first-order valence-electron chi connectivity index (χ1n) is 11.8. The summed E-state index contributed by atoms with van der Waals surface area (Å²) in [4.78, 5) is 37.7. The van der Waals surface area contributed by atoms with Crippen LogP contribution in [0.1, 0.15) is 100.0 Å². The molecule has 8 heteroatoms. The Kier molecular flexibility index (Phi) is 6.86. The SMILES string of the molecule is CC(C)(C)NC(=O)ON1CCC(c2nc(C(=O)N(C3CCCCC3)C3CC3)cs2)CC1. The van der Waals surface area contributed by atoms with Gasteiger partial charge in [-0.2, -0.15) is 0 Å². The molecule has 4 rings (SSSR count). The number of carbonyl (C=O) groups excluding carboxylic acids is 2. The minimum absolute atomic E-state index is 0.136. The lowest BCUT2D eigenvalue weighted by atomic mass is 9.94. The van der Waals surface area contributed by atoms with Gasteiger partial charge >= 0.3 is 6.09 Å². The molecule has 2 amide bonds. The maximum atomic E-state index is 13.3. The van der Waals surface area contributed by atoms with Gasteiger partial charge in [0.25, 0.3) is 5.91 Å². The Balaban J connectivity index is 1.32. The molecule has 31 heavy (non-hydrogen) atoms. The highest BCUT2D eigenvalue weighted by Gasteiger charge is 2.39. The lowest BCUT2D eigenvalue weighted by Gasteiger charge is -2.34. The van der Waals surface area contributed by atoms with E-state index in [4.69, 9.17) is 9.82 Å². The summed E-state index contributed by atoms with van der Waals surface area (Å²) in [5.74, 6) is 0.456. The van der Waals surface area contributed by atoms with Crippen LogP contribution in [-0.2, 0) is 4.84 Å². The second-order valence-electron chi connectivity index (χ2n) is 10.3. The van der Waals surface area contributed by atoms with Crippen molar-refractivity contribution >= 4 is 23.3 Å². The molecule has 2 heterocycles. The van der Waals surface area contributed by atoms with Crippen LogP contribution in [0.4, 0.5) is 4.79 Å². The zero-order valence-corrected chi connectivity index (χ0v) is 19.9. The van der Waals surface area contributed by atoms with Crippen LogP contribution < -0.4 is 5.32 Å². The first-order chi connectivity index (χ1) is 14.8. The second-order valence-corrected chi connectivity index (χ2v) is 11.2. The molecule has 0 aromatic carbocycles. The predicted octanol–water partition coefficient (Wildman–Crippen LogP) is 4.70. The summed E-state index contributed by atoms with van der Waals surface area (Å²) in [6.45, 7) is 7.16. The number of piperidine rings is 1. The van der Waals surface area contributed by atoms with Crippen LogP contribution in [0.3, 0.4) is 0 Å². The number of nitrogens with one attached hydrogen (secondary N) is 1. The molecule has 0 unspecified atom stereocenters. The molecule has 1 aliphatic heterocycles. The van der Waals surface area contributed by atoms with E-state index in [1.807, 2.05) is 26.2 Å². The van der Waals surface area contributed by atoms with Crippen LogP contribution in [0, 0.1) is 0 Å². The molecule has 1 aromatic heterocycles. The number of hydrogen-bond donors (Lipinski definition) is 1. The van der Waals surface area contributed by atoms with Gasteiger partial charge in [-0.05, 0) is 59.3 Å².